The first-order chi connectivity index (χ1) is 14.3. The van der Waals surface area contributed by atoms with E-state index in [-0.39, 0.29) is 23.7 Å². The van der Waals surface area contributed by atoms with Gasteiger partial charge in [0.25, 0.3) is 11.8 Å². The number of urea groups is 1. The SMILES string of the molecule is COC(=O)C1CCN(C(=O)COC(=O)CN2C(=O)N[C@@]3(CCCC[C@@H]3C)C2=O)CC1. The van der Waals surface area contributed by atoms with E-state index in [1.165, 1.54) is 12.0 Å². The minimum atomic E-state index is -0.935. The number of carbonyl (C=O) groups excluding carboxylic acids is 5. The van der Waals surface area contributed by atoms with E-state index in [9.17, 15) is 24.0 Å². The van der Waals surface area contributed by atoms with Crippen molar-refractivity contribution in [2.75, 3.05) is 33.4 Å². The quantitative estimate of drug-likeness (QED) is 0.503. The Morgan fingerprint density at radius 2 is 1.83 bits per heavy atom. The van der Waals surface area contributed by atoms with Crippen molar-refractivity contribution in [2.24, 2.45) is 11.8 Å². The van der Waals surface area contributed by atoms with Crippen LogP contribution in [0.3, 0.4) is 0 Å². The molecule has 1 spiro atoms. The molecule has 1 aliphatic carbocycles. The fourth-order valence-corrected chi connectivity index (χ4v) is 4.58. The van der Waals surface area contributed by atoms with E-state index in [0.717, 1.165) is 24.2 Å². The number of piperidine rings is 1. The Morgan fingerprint density at radius 1 is 1.13 bits per heavy atom. The number of hydrogen-bond donors (Lipinski definition) is 1. The molecule has 0 aromatic heterocycles. The van der Waals surface area contributed by atoms with Crippen molar-refractivity contribution < 1.29 is 33.4 Å². The number of amides is 4. The maximum Gasteiger partial charge on any atom is 0.326 e. The lowest BCUT2D eigenvalue weighted by atomic mass is 9.73. The number of nitrogens with zero attached hydrogens (tertiary/aromatic N) is 2. The van der Waals surface area contributed by atoms with Crippen molar-refractivity contribution in [2.45, 2.75) is 51.0 Å². The van der Waals surface area contributed by atoms with Crippen LogP contribution in [0, 0.1) is 11.8 Å². The lowest BCUT2D eigenvalue weighted by Gasteiger charge is -2.36. The molecule has 0 radical (unpaired) electrons. The third-order valence-electron chi connectivity index (χ3n) is 6.53. The topological polar surface area (TPSA) is 122 Å². The molecule has 1 saturated carbocycles. The van der Waals surface area contributed by atoms with Crippen LogP contribution in [0.2, 0.25) is 0 Å². The molecule has 0 bridgehead atoms. The Bertz CT molecular complexity index is 732. The van der Waals surface area contributed by atoms with Gasteiger partial charge in [-0.15, -0.1) is 0 Å². The van der Waals surface area contributed by atoms with E-state index < -0.39 is 36.6 Å². The molecule has 30 heavy (non-hydrogen) atoms. The fraction of sp³-hybridized carbons (Fsp3) is 0.750. The summed E-state index contributed by atoms with van der Waals surface area (Å²) < 4.78 is 9.73. The summed E-state index contributed by atoms with van der Waals surface area (Å²) in [5.41, 5.74) is -0.935. The second-order valence-electron chi connectivity index (χ2n) is 8.28. The van der Waals surface area contributed by atoms with Gasteiger partial charge in [0.05, 0.1) is 13.0 Å². The van der Waals surface area contributed by atoms with Gasteiger partial charge in [-0.25, -0.2) is 4.79 Å². The minimum Gasteiger partial charge on any atom is -0.469 e. The molecule has 2 atom stereocenters. The Hall–Kier alpha value is -2.65. The van der Waals surface area contributed by atoms with Crippen LogP contribution < -0.4 is 5.32 Å². The molecule has 0 aromatic carbocycles. The van der Waals surface area contributed by atoms with Gasteiger partial charge in [-0.3, -0.25) is 24.1 Å². The maximum atomic E-state index is 12.9. The van der Waals surface area contributed by atoms with Crippen LogP contribution in [0.4, 0.5) is 4.79 Å². The predicted molar refractivity (Wildman–Crippen MR) is 103 cm³/mol. The van der Waals surface area contributed by atoms with Crippen molar-refractivity contribution in [1.82, 2.24) is 15.1 Å². The number of esters is 2. The van der Waals surface area contributed by atoms with Gasteiger partial charge >= 0.3 is 18.0 Å². The van der Waals surface area contributed by atoms with Crippen LogP contribution in [0.15, 0.2) is 0 Å². The van der Waals surface area contributed by atoms with Gasteiger partial charge in [-0.2, -0.15) is 0 Å². The smallest absolute Gasteiger partial charge is 0.326 e. The number of likely N-dealkylation sites (tertiary alicyclic amines) is 1. The average Bonchev–Trinajstić information content (AvgIpc) is 2.98. The molecule has 1 N–H and O–H groups in total. The molecule has 0 unspecified atom stereocenters. The summed E-state index contributed by atoms with van der Waals surface area (Å²) in [4.78, 5) is 63.6. The van der Waals surface area contributed by atoms with Crippen LogP contribution in [0.25, 0.3) is 0 Å². The van der Waals surface area contributed by atoms with E-state index in [0.29, 0.717) is 32.4 Å². The highest BCUT2D eigenvalue weighted by atomic mass is 16.5. The zero-order valence-electron chi connectivity index (χ0n) is 17.5. The molecule has 2 saturated heterocycles. The number of hydrogen-bond acceptors (Lipinski definition) is 7. The highest BCUT2D eigenvalue weighted by molar-refractivity contribution is 6.09. The van der Waals surface area contributed by atoms with Gasteiger partial charge in [0.2, 0.25) is 0 Å². The Labute approximate surface area is 175 Å². The third kappa shape index (κ3) is 4.27. The highest BCUT2D eigenvalue weighted by Gasteiger charge is 2.55. The summed E-state index contributed by atoms with van der Waals surface area (Å²) in [6.45, 7) is 1.71. The van der Waals surface area contributed by atoms with Crippen LogP contribution in [0.1, 0.15) is 45.4 Å². The zero-order valence-corrected chi connectivity index (χ0v) is 17.5. The lowest BCUT2D eigenvalue weighted by Crippen LogP contribution is -2.54. The summed E-state index contributed by atoms with van der Waals surface area (Å²) in [7, 11) is 1.33. The van der Waals surface area contributed by atoms with Gasteiger partial charge in [0.1, 0.15) is 12.1 Å². The predicted octanol–water partition coefficient (Wildman–Crippen LogP) is 0.442. The van der Waals surface area contributed by atoms with Crippen molar-refractivity contribution in [3.8, 4) is 0 Å². The van der Waals surface area contributed by atoms with E-state index in [2.05, 4.69) is 5.32 Å². The van der Waals surface area contributed by atoms with Crippen LogP contribution >= 0.6 is 0 Å². The highest BCUT2D eigenvalue weighted by Crippen LogP contribution is 2.38. The lowest BCUT2D eigenvalue weighted by molar-refractivity contribution is -0.155. The van der Waals surface area contributed by atoms with Gasteiger partial charge in [-0.1, -0.05) is 19.8 Å². The summed E-state index contributed by atoms with van der Waals surface area (Å²) in [6, 6.07) is -0.595. The van der Waals surface area contributed by atoms with Gasteiger partial charge in [0, 0.05) is 13.1 Å². The number of imide groups is 1. The van der Waals surface area contributed by atoms with Crippen molar-refractivity contribution in [3.05, 3.63) is 0 Å². The molecule has 3 fully saturated rings. The number of carbonyl (C=O) groups is 5. The number of nitrogens with one attached hydrogen (secondary N) is 1. The number of methoxy groups -OCH3 is 1. The normalized spacial score (nSPS) is 27.2. The summed E-state index contributed by atoms with van der Waals surface area (Å²) in [6.07, 6.45) is 4.24. The average molecular weight is 423 g/mol. The van der Waals surface area contributed by atoms with E-state index in [4.69, 9.17) is 9.47 Å². The number of rotatable bonds is 5. The standard InChI is InChI=1S/C20H29N3O7/c1-13-5-3-4-8-20(13)18(27)23(19(28)21-20)11-16(25)30-12-15(24)22-9-6-14(7-10-22)17(26)29-2/h13-14H,3-12H2,1-2H3,(H,21,28)/t13-,20+/m0/s1. The summed E-state index contributed by atoms with van der Waals surface area (Å²) >= 11 is 0. The zero-order chi connectivity index (χ0) is 21.9. The first-order valence-electron chi connectivity index (χ1n) is 10.4. The first kappa shape index (κ1) is 22.0. The summed E-state index contributed by atoms with van der Waals surface area (Å²) in [5.74, 6) is -2.09. The third-order valence-corrected chi connectivity index (χ3v) is 6.53. The largest absolute Gasteiger partial charge is 0.469 e. The van der Waals surface area contributed by atoms with E-state index in [1.54, 1.807) is 0 Å². The maximum absolute atomic E-state index is 12.9. The second-order valence-corrected chi connectivity index (χ2v) is 8.28. The monoisotopic (exact) mass is 423 g/mol. The molecule has 3 rings (SSSR count). The fourth-order valence-electron chi connectivity index (χ4n) is 4.58. The Morgan fingerprint density at radius 3 is 2.47 bits per heavy atom. The van der Waals surface area contributed by atoms with Crippen LogP contribution in [-0.2, 0) is 28.7 Å². The molecule has 10 nitrogen and oxygen atoms in total. The van der Waals surface area contributed by atoms with Crippen molar-refractivity contribution >= 4 is 29.8 Å². The van der Waals surface area contributed by atoms with E-state index >= 15 is 0 Å². The Balaban J connectivity index is 1.47. The minimum absolute atomic E-state index is 0.00165. The van der Waals surface area contributed by atoms with Gasteiger partial charge < -0.3 is 19.7 Å². The molecule has 2 aliphatic heterocycles. The second kappa shape index (κ2) is 9.01. The van der Waals surface area contributed by atoms with Gasteiger partial charge in [0.15, 0.2) is 6.61 Å². The molecule has 0 aromatic rings. The number of ether oxygens (including phenoxy) is 2. The first-order valence-corrected chi connectivity index (χ1v) is 10.4. The molecular formula is C20H29N3O7. The van der Waals surface area contributed by atoms with Crippen LogP contribution in [-0.4, -0.2) is 78.5 Å². The van der Waals surface area contributed by atoms with Gasteiger partial charge in [-0.05, 0) is 31.6 Å². The summed E-state index contributed by atoms with van der Waals surface area (Å²) in [5, 5.41) is 2.78. The molecular weight excluding hydrogens is 394 g/mol. The van der Waals surface area contributed by atoms with Crippen molar-refractivity contribution in [1.29, 1.82) is 0 Å². The molecule has 4 amide bonds. The van der Waals surface area contributed by atoms with E-state index in [1.807, 2.05) is 6.92 Å². The molecule has 166 valence electrons. The molecule has 2 heterocycles. The molecule has 10 heteroatoms. The molecule has 3 aliphatic rings. The van der Waals surface area contributed by atoms with Crippen LogP contribution in [0.5, 0.6) is 0 Å². The Kier molecular flexibility index (Phi) is 6.62. The van der Waals surface area contributed by atoms with Crippen molar-refractivity contribution in [3.63, 3.8) is 0 Å².